The van der Waals surface area contributed by atoms with Gasteiger partial charge in [-0.1, -0.05) is 68.1 Å². The number of thioether (sulfide) groups is 1. The van der Waals surface area contributed by atoms with Crippen molar-refractivity contribution in [3.05, 3.63) is 95.3 Å². The van der Waals surface area contributed by atoms with E-state index in [0.717, 1.165) is 27.1 Å². The largest absolute Gasteiger partial charge is 0.350 e. The second-order valence-electron chi connectivity index (χ2n) is 9.34. The zero-order chi connectivity index (χ0) is 25.4. The topological polar surface area (TPSA) is 54.3 Å². The third-order valence-corrected chi connectivity index (χ3v) is 7.85. The molecule has 5 nitrogen and oxygen atoms in total. The summed E-state index contributed by atoms with van der Waals surface area (Å²) in [4.78, 5) is 29.1. The quantitative estimate of drug-likeness (QED) is 0.368. The van der Waals surface area contributed by atoms with Crippen molar-refractivity contribution in [3.63, 3.8) is 0 Å². The highest BCUT2D eigenvalue weighted by Gasteiger charge is 2.39. The fraction of sp³-hybridized carbons (Fsp3) is 0.241. The van der Waals surface area contributed by atoms with Crippen molar-refractivity contribution in [2.24, 2.45) is 7.05 Å². The van der Waals surface area contributed by atoms with Crippen LogP contribution < -0.4 is 10.2 Å². The average Bonchev–Trinajstić information content (AvgIpc) is 3.06. The van der Waals surface area contributed by atoms with Crippen molar-refractivity contribution in [1.82, 2.24) is 9.88 Å². The molecule has 1 N–H and O–H groups in total. The van der Waals surface area contributed by atoms with Crippen LogP contribution in [0.5, 0.6) is 0 Å². The monoisotopic (exact) mass is 501 g/mol. The summed E-state index contributed by atoms with van der Waals surface area (Å²) in [6.07, 6.45) is 0. The summed E-state index contributed by atoms with van der Waals surface area (Å²) in [5.74, 6) is -0.146. The molecule has 1 atom stereocenters. The van der Waals surface area contributed by atoms with Gasteiger partial charge < -0.3 is 9.88 Å². The summed E-state index contributed by atoms with van der Waals surface area (Å²) in [6.45, 7) is 4.48. The summed E-state index contributed by atoms with van der Waals surface area (Å²) >= 11 is 1.46. The minimum atomic E-state index is -0.848. The van der Waals surface area contributed by atoms with E-state index in [4.69, 9.17) is 0 Å². The third-order valence-electron chi connectivity index (χ3n) is 6.69. The minimum Gasteiger partial charge on any atom is -0.350 e. The van der Waals surface area contributed by atoms with Gasteiger partial charge in [-0.25, -0.2) is 4.39 Å². The first-order valence-corrected chi connectivity index (χ1v) is 13.0. The molecule has 0 fully saturated rings. The van der Waals surface area contributed by atoms with Gasteiger partial charge in [-0.3, -0.25) is 14.5 Å². The molecule has 0 spiro atoms. The molecule has 7 heteroatoms. The zero-order valence-corrected chi connectivity index (χ0v) is 21.3. The van der Waals surface area contributed by atoms with Crippen molar-refractivity contribution in [1.29, 1.82) is 0 Å². The molecule has 5 rings (SSSR count). The Balaban J connectivity index is 1.61. The van der Waals surface area contributed by atoms with E-state index in [0.29, 0.717) is 11.6 Å². The van der Waals surface area contributed by atoms with Crippen molar-refractivity contribution >= 4 is 40.2 Å². The molecule has 2 heterocycles. The Morgan fingerprint density at radius 1 is 1.06 bits per heavy atom. The van der Waals surface area contributed by atoms with Crippen LogP contribution in [0.15, 0.2) is 77.8 Å². The number of nitrogens with one attached hydrogen (secondary N) is 1. The lowest BCUT2D eigenvalue weighted by Crippen LogP contribution is -2.43. The van der Waals surface area contributed by atoms with Gasteiger partial charge in [-0.05, 0) is 47.4 Å². The lowest BCUT2D eigenvalue weighted by Gasteiger charge is -2.30. The minimum absolute atomic E-state index is 0.125. The molecule has 4 aromatic rings. The number of nitrogens with zero attached hydrogens (tertiary/aromatic N) is 2. The summed E-state index contributed by atoms with van der Waals surface area (Å²) in [5.41, 5.74) is 4.47. The Morgan fingerprint density at radius 3 is 2.44 bits per heavy atom. The molecule has 1 aliphatic heterocycles. The molecule has 0 radical (unpaired) electrons. The van der Waals surface area contributed by atoms with Crippen LogP contribution in [-0.2, 0) is 23.2 Å². The smallest absolute Gasteiger partial charge is 0.248 e. The molecule has 0 bridgehead atoms. The van der Waals surface area contributed by atoms with E-state index in [1.807, 2.05) is 55.6 Å². The highest BCUT2D eigenvalue weighted by Crippen LogP contribution is 2.43. The normalized spacial score (nSPS) is 15.8. The lowest BCUT2D eigenvalue weighted by atomic mass is 10.00. The number of para-hydroxylation sites is 1. The summed E-state index contributed by atoms with van der Waals surface area (Å²) in [7, 11) is 1.97. The Hall–Kier alpha value is -3.58. The first-order valence-electron chi connectivity index (χ1n) is 12.0. The summed E-state index contributed by atoms with van der Waals surface area (Å²) < 4.78 is 15.4. The van der Waals surface area contributed by atoms with Crippen LogP contribution in [-0.4, -0.2) is 22.1 Å². The molecule has 184 valence electrons. The molecule has 0 saturated heterocycles. The van der Waals surface area contributed by atoms with Crippen molar-refractivity contribution in [2.45, 2.75) is 37.4 Å². The molecule has 1 aromatic heterocycles. The standard InChI is InChI=1S/C29H28FN3O2S/c1-18(2)20-10-14-22(15-11-20)33-25(34)17-36-29-26(23-6-4-5-7-24(23)32(29)3)27(33)28(35)31-16-19-8-12-21(30)13-9-19/h4-15,18,27H,16-17H2,1-3H3,(H,31,35)/t27-/m0/s1. The molecule has 0 saturated carbocycles. The van der Waals surface area contributed by atoms with Crippen LogP contribution in [0.1, 0.15) is 42.5 Å². The SMILES string of the molecule is CC(C)c1ccc(N2C(=O)CSc3c(c4ccccc4n3C)[C@H]2C(=O)NCc2ccc(F)cc2)cc1. The Labute approximate surface area is 214 Å². The van der Waals surface area contributed by atoms with Crippen LogP contribution in [0.4, 0.5) is 10.1 Å². The molecule has 1 aliphatic rings. The Bertz CT molecular complexity index is 1430. The molecule has 2 amide bonds. The number of amides is 2. The van der Waals surface area contributed by atoms with Gasteiger partial charge >= 0.3 is 0 Å². The molecule has 3 aromatic carbocycles. The maximum absolute atomic E-state index is 13.9. The first kappa shape index (κ1) is 24.1. The molecular weight excluding hydrogens is 473 g/mol. The second kappa shape index (κ2) is 9.82. The predicted molar refractivity (Wildman–Crippen MR) is 143 cm³/mol. The molecular formula is C29H28FN3O2S. The van der Waals surface area contributed by atoms with Gasteiger partial charge in [0.1, 0.15) is 11.9 Å². The fourth-order valence-electron chi connectivity index (χ4n) is 4.76. The van der Waals surface area contributed by atoms with Crippen molar-refractivity contribution in [2.75, 3.05) is 10.7 Å². The maximum Gasteiger partial charge on any atom is 0.248 e. The number of hydrogen-bond acceptors (Lipinski definition) is 3. The van der Waals surface area contributed by atoms with Gasteiger partial charge in [0, 0.05) is 35.7 Å². The van der Waals surface area contributed by atoms with E-state index in [1.165, 1.54) is 29.5 Å². The second-order valence-corrected chi connectivity index (χ2v) is 10.3. The number of anilines is 1. The number of carbonyl (C=O) groups excluding carboxylic acids is 2. The van der Waals surface area contributed by atoms with E-state index in [9.17, 15) is 14.0 Å². The lowest BCUT2D eigenvalue weighted by molar-refractivity contribution is -0.125. The number of hydrogen-bond donors (Lipinski definition) is 1. The number of halogens is 1. The first-order chi connectivity index (χ1) is 17.3. The van der Waals surface area contributed by atoms with Crippen LogP contribution >= 0.6 is 11.8 Å². The van der Waals surface area contributed by atoms with E-state index in [1.54, 1.807) is 17.0 Å². The van der Waals surface area contributed by atoms with Gasteiger partial charge in [-0.2, -0.15) is 0 Å². The van der Waals surface area contributed by atoms with Gasteiger partial charge in [0.25, 0.3) is 0 Å². The van der Waals surface area contributed by atoms with Crippen LogP contribution in [0.2, 0.25) is 0 Å². The fourth-order valence-corrected chi connectivity index (χ4v) is 5.83. The molecule has 0 unspecified atom stereocenters. The van der Waals surface area contributed by atoms with E-state index < -0.39 is 6.04 Å². The predicted octanol–water partition coefficient (Wildman–Crippen LogP) is 5.94. The number of fused-ring (bicyclic) bond motifs is 3. The Kier molecular flexibility index (Phi) is 6.58. The highest BCUT2D eigenvalue weighted by molar-refractivity contribution is 8.00. The van der Waals surface area contributed by atoms with E-state index in [2.05, 4.69) is 23.7 Å². The van der Waals surface area contributed by atoms with E-state index in [-0.39, 0.29) is 29.9 Å². The van der Waals surface area contributed by atoms with E-state index >= 15 is 0 Å². The van der Waals surface area contributed by atoms with Crippen LogP contribution in [0, 0.1) is 5.82 Å². The number of aromatic nitrogens is 1. The number of aryl methyl sites for hydroxylation is 1. The third kappa shape index (κ3) is 4.39. The van der Waals surface area contributed by atoms with Gasteiger partial charge in [0.2, 0.25) is 11.8 Å². The van der Waals surface area contributed by atoms with Crippen LogP contribution in [0.25, 0.3) is 10.9 Å². The molecule has 36 heavy (non-hydrogen) atoms. The average molecular weight is 502 g/mol. The maximum atomic E-state index is 13.9. The number of benzene rings is 3. The zero-order valence-electron chi connectivity index (χ0n) is 20.5. The summed E-state index contributed by atoms with van der Waals surface area (Å²) in [5, 5.41) is 4.86. The van der Waals surface area contributed by atoms with Crippen molar-refractivity contribution < 1.29 is 14.0 Å². The van der Waals surface area contributed by atoms with Gasteiger partial charge in [0.15, 0.2) is 0 Å². The van der Waals surface area contributed by atoms with Crippen LogP contribution in [0.3, 0.4) is 0 Å². The molecule has 0 aliphatic carbocycles. The van der Waals surface area contributed by atoms with Gasteiger partial charge in [-0.15, -0.1) is 0 Å². The number of rotatable bonds is 5. The van der Waals surface area contributed by atoms with Gasteiger partial charge in [0.05, 0.1) is 10.8 Å². The number of carbonyl (C=O) groups is 2. The summed E-state index contributed by atoms with van der Waals surface area (Å²) in [6, 6.07) is 21.0. The highest BCUT2D eigenvalue weighted by atomic mass is 32.2. The van der Waals surface area contributed by atoms with Crippen molar-refractivity contribution in [3.8, 4) is 0 Å². The Morgan fingerprint density at radius 2 is 1.75 bits per heavy atom.